The van der Waals surface area contributed by atoms with E-state index in [1.54, 1.807) is 13.3 Å². The van der Waals surface area contributed by atoms with E-state index in [9.17, 15) is 0 Å². The molecule has 3 aromatic rings. The number of rotatable bonds is 4. The van der Waals surface area contributed by atoms with Crippen molar-refractivity contribution < 1.29 is 4.74 Å². The Hall–Kier alpha value is -2.55. The molecule has 1 N–H and O–H groups in total. The van der Waals surface area contributed by atoms with Crippen molar-refractivity contribution in [2.45, 2.75) is 6.54 Å². The van der Waals surface area contributed by atoms with Gasteiger partial charge in [0.05, 0.1) is 12.8 Å². The van der Waals surface area contributed by atoms with Crippen molar-refractivity contribution in [2.24, 2.45) is 0 Å². The monoisotopic (exact) mass is 264 g/mol. The number of benzene rings is 2. The Balaban J connectivity index is 1.96. The zero-order valence-electron chi connectivity index (χ0n) is 11.3. The van der Waals surface area contributed by atoms with Gasteiger partial charge in [0.1, 0.15) is 5.75 Å². The smallest absolute Gasteiger partial charge is 0.124 e. The summed E-state index contributed by atoms with van der Waals surface area (Å²) in [5.74, 6) is 0.903. The minimum Gasteiger partial charge on any atom is -0.496 e. The zero-order chi connectivity index (χ0) is 13.8. The lowest BCUT2D eigenvalue weighted by atomic mass is 10.0. The molecule has 0 unspecified atom stereocenters. The van der Waals surface area contributed by atoms with E-state index in [-0.39, 0.29) is 0 Å². The van der Waals surface area contributed by atoms with Crippen molar-refractivity contribution >= 4 is 16.5 Å². The average molecular weight is 264 g/mol. The van der Waals surface area contributed by atoms with Crippen molar-refractivity contribution in [1.82, 2.24) is 4.98 Å². The summed E-state index contributed by atoms with van der Waals surface area (Å²) < 4.78 is 5.49. The SMILES string of the molecule is COc1ccc2ccccc2c1CNc1cccnc1. The molecule has 0 bridgehead atoms. The van der Waals surface area contributed by atoms with Crippen molar-refractivity contribution in [3.8, 4) is 5.75 Å². The molecule has 20 heavy (non-hydrogen) atoms. The Kier molecular flexibility index (Phi) is 3.50. The first-order chi connectivity index (χ1) is 9.88. The summed E-state index contributed by atoms with van der Waals surface area (Å²) in [7, 11) is 1.71. The second kappa shape index (κ2) is 5.61. The average Bonchev–Trinajstić information content (AvgIpc) is 2.53. The number of ether oxygens (including phenoxy) is 1. The number of pyridine rings is 1. The summed E-state index contributed by atoms with van der Waals surface area (Å²) in [6.45, 7) is 0.705. The Morgan fingerprint density at radius 3 is 2.75 bits per heavy atom. The predicted octanol–water partition coefficient (Wildman–Crippen LogP) is 3.86. The zero-order valence-corrected chi connectivity index (χ0v) is 11.3. The third kappa shape index (κ3) is 2.43. The molecule has 1 heterocycles. The molecule has 2 aromatic carbocycles. The second-order valence-corrected chi connectivity index (χ2v) is 4.56. The van der Waals surface area contributed by atoms with Gasteiger partial charge in [-0.05, 0) is 29.0 Å². The first kappa shape index (κ1) is 12.5. The molecule has 0 aliphatic heterocycles. The van der Waals surface area contributed by atoms with Crippen LogP contribution in [0.4, 0.5) is 5.69 Å². The quantitative estimate of drug-likeness (QED) is 0.777. The molecule has 100 valence electrons. The van der Waals surface area contributed by atoms with E-state index in [1.807, 2.05) is 30.5 Å². The van der Waals surface area contributed by atoms with Crippen molar-refractivity contribution in [2.75, 3.05) is 12.4 Å². The Morgan fingerprint density at radius 2 is 1.95 bits per heavy atom. The highest BCUT2D eigenvalue weighted by atomic mass is 16.5. The van der Waals surface area contributed by atoms with E-state index in [4.69, 9.17) is 4.74 Å². The standard InChI is InChI=1S/C17H16N2O/c1-20-17-9-8-13-5-2-3-7-15(13)16(17)12-19-14-6-4-10-18-11-14/h2-11,19H,12H2,1H3. The van der Waals surface area contributed by atoms with Gasteiger partial charge < -0.3 is 10.1 Å². The first-order valence-electron chi connectivity index (χ1n) is 6.57. The molecule has 0 saturated carbocycles. The molecule has 0 saturated heterocycles. The van der Waals surface area contributed by atoms with Crippen LogP contribution >= 0.6 is 0 Å². The fourth-order valence-electron chi connectivity index (χ4n) is 2.35. The molecule has 3 rings (SSSR count). The topological polar surface area (TPSA) is 34.1 Å². The molecule has 0 aliphatic carbocycles. The van der Waals surface area contributed by atoms with E-state index in [1.165, 1.54) is 10.8 Å². The maximum Gasteiger partial charge on any atom is 0.124 e. The van der Waals surface area contributed by atoms with Gasteiger partial charge in [0.25, 0.3) is 0 Å². The maximum absolute atomic E-state index is 5.49. The molecule has 0 amide bonds. The lowest BCUT2D eigenvalue weighted by Crippen LogP contribution is -2.02. The number of nitrogens with one attached hydrogen (secondary N) is 1. The van der Waals surface area contributed by atoms with Crippen LogP contribution in [0, 0.1) is 0 Å². The van der Waals surface area contributed by atoms with Crippen LogP contribution in [0.2, 0.25) is 0 Å². The van der Waals surface area contributed by atoms with Crippen molar-refractivity contribution in [3.63, 3.8) is 0 Å². The Morgan fingerprint density at radius 1 is 1.05 bits per heavy atom. The van der Waals surface area contributed by atoms with Crippen LogP contribution in [0.25, 0.3) is 10.8 Å². The highest BCUT2D eigenvalue weighted by molar-refractivity contribution is 5.88. The van der Waals surface area contributed by atoms with E-state index >= 15 is 0 Å². The summed E-state index contributed by atoms with van der Waals surface area (Å²) in [5.41, 5.74) is 2.16. The van der Waals surface area contributed by atoms with Crippen molar-refractivity contribution in [3.05, 3.63) is 66.5 Å². The second-order valence-electron chi connectivity index (χ2n) is 4.56. The predicted molar refractivity (Wildman–Crippen MR) is 82.1 cm³/mol. The van der Waals surface area contributed by atoms with Crippen molar-refractivity contribution in [1.29, 1.82) is 0 Å². The van der Waals surface area contributed by atoms with Crippen LogP contribution in [-0.4, -0.2) is 12.1 Å². The highest BCUT2D eigenvalue weighted by Gasteiger charge is 2.07. The van der Waals surface area contributed by atoms with Gasteiger partial charge in [0, 0.05) is 24.5 Å². The van der Waals surface area contributed by atoms with Gasteiger partial charge in [-0.25, -0.2) is 0 Å². The molecule has 0 radical (unpaired) electrons. The number of methoxy groups -OCH3 is 1. The number of hydrogen-bond donors (Lipinski definition) is 1. The molecular formula is C17H16N2O. The van der Waals surface area contributed by atoms with Gasteiger partial charge in [-0.2, -0.15) is 0 Å². The lowest BCUT2D eigenvalue weighted by Gasteiger charge is -2.13. The van der Waals surface area contributed by atoms with Crippen LogP contribution < -0.4 is 10.1 Å². The fourth-order valence-corrected chi connectivity index (χ4v) is 2.35. The molecule has 0 aliphatic rings. The third-order valence-electron chi connectivity index (χ3n) is 3.35. The van der Waals surface area contributed by atoms with Gasteiger partial charge in [-0.15, -0.1) is 0 Å². The number of fused-ring (bicyclic) bond motifs is 1. The largest absolute Gasteiger partial charge is 0.496 e. The molecular weight excluding hydrogens is 248 g/mol. The van der Waals surface area contributed by atoms with E-state index in [0.717, 1.165) is 17.0 Å². The Labute approximate surface area is 118 Å². The van der Waals surface area contributed by atoms with E-state index < -0.39 is 0 Å². The van der Waals surface area contributed by atoms with Crippen LogP contribution in [0.1, 0.15) is 5.56 Å². The number of aromatic nitrogens is 1. The van der Waals surface area contributed by atoms with E-state index in [2.05, 4.69) is 34.6 Å². The number of nitrogens with zero attached hydrogens (tertiary/aromatic N) is 1. The number of anilines is 1. The minimum absolute atomic E-state index is 0.705. The maximum atomic E-state index is 5.49. The van der Waals surface area contributed by atoms with Crippen LogP contribution in [0.5, 0.6) is 5.75 Å². The summed E-state index contributed by atoms with van der Waals surface area (Å²) in [6.07, 6.45) is 3.58. The fraction of sp³-hybridized carbons (Fsp3) is 0.118. The molecule has 0 fully saturated rings. The molecule has 1 aromatic heterocycles. The minimum atomic E-state index is 0.705. The summed E-state index contributed by atoms with van der Waals surface area (Å²) in [4.78, 5) is 4.11. The van der Waals surface area contributed by atoms with Crippen LogP contribution in [-0.2, 0) is 6.54 Å². The van der Waals surface area contributed by atoms with Gasteiger partial charge in [0.15, 0.2) is 0 Å². The number of hydrogen-bond acceptors (Lipinski definition) is 3. The van der Waals surface area contributed by atoms with Crippen LogP contribution in [0.3, 0.4) is 0 Å². The lowest BCUT2D eigenvalue weighted by molar-refractivity contribution is 0.411. The summed E-state index contributed by atoms with van der Waals surface area (Å²) in [6, 6.07) is 16.4. The Bertz CT molecular complexity index is 711. The van der Waals surface area contributed by atoms with Gasteiger partial charge >= 0.3 is 0 Å². The highest BCUT2D eigenvalue weighted by Crippen LogP contribution is 2.28. The third-order valence-corrected chi connectivity index (χ3v) is 3.35. The summed E-state index contributed by atoms with van der Waals surface area (Å²) >= 11 is 0. The molecule has 0 atom stereocenters. The molecule has 3 nitrogen and oxygen atoms in total. The summed E-state index contributed by atoms with van der Waals surface area (Å²) in [5, 5.41) is 5.82. The van der Waals surface area contributed by atoms with E-state index in [0.29, 0.717) is 6.54 Å². The van der Waals surface area contributed by atoms with Gasteiger partial charge in [-0.1, -0.05) is 30.3 Å². The molecule has 0 spiro atoms. The normalized spacial score (nSPS) is 10.4. The van der Waals surface area contributed by atoms with Gasteiger partial charge in [-0.3, -0.25) is 4.98 Å². The molecule has 3 heteroatoms. The first-order valence-corrected chi connectivity index (χ1v) is 6.57. The van der Waals surface area contributed by atoms with Crippen LogP contribution in [0.15, 0.2) is 60.9 Å². The van der Waals surface area contributed by atoms with Gasteiger partial charge in [0.2, 0.25) is 0 Å².